The molecule has 2 rings (SSSR count). The van der Waals surface area contributed by atoms with Crippen molar-refractivity contribution in [2.45, 2.75) is 12.4 Å². The van der Waals surface area contributed by atoms with Gasteiger partial charge in [0.05, 0.1) is 6.04 Å². The van der Waals surface area contributed by atoms with Crippen LogP contribution in [0.3, 0.4) is 0 Å². The molecule has 0 aromatic heterocycles. The topological polar surface area (TPSA) is 21.3 Å². The van der Waals surface area contributed by atoms with Crippen molar-refractivity contribution >= 4 is 0 Å². The molecule has 0 amide bonds. The van der Waals surface area contributed by atoms with Crippen molar-refractivity contribution in [3.8, 4) is 5.75 Å². The highest BCUT2D eigenvalue weighted by atomic mass is 19.4. The molecule has 2 nitrogen and oxygen atoms in total. The molecule has 0 spiro atoms. The average Bonchev–Trinajstić information content (AvgIpc) is 2.42. The number of alkyl halides is 3. The minimum Gasteiger partial charge on any atom is -0.406 e. The summed E-state index contributed by atoms with van der Waals surface area (Å²) in [5.74, 6) is -0.692. The Bertz CT molecular complexity index is 595. The molecule has 0 aliphatic carbocycles. The molecule has 2 aromatic carbocycles. The lowest BCUT2D eigenvalue weighted by molar-refractivity contribution is -0.274. The number of rotatable bonds is 4. The zero-order valence-corrected chi connectivity index (χ0v) is 11.1. The van der Waals surface area contributed by atoms with E-state index in [-0.39, 0.29) is 11.6 Å². The van der Waals surface area contributed by atoms with Crippen LogP contribution in [0.2, 0.25) is 0 Å². The first-order valence-corrected chi connectivity index (χ1v) is 6.18. The molecule has 1 unspecified atom stereocenters. The van der Waals surface area contributed by atoms with E-state index in [9.17, 15) is 17.6 Å². The van der Waals surface area contributed by atoms with Gasteiger partial charge in [-0.1, -0.05) is 30.3 Å². The fourth-order valence-corrected chi connectivity index (χ4v) is 2.07. The molecule has 0 aliphatic rings. The summed E-state index contributed by atoms with van der Waals surface area (Å²) in [6, 6.07) is 11.1. The second kappa shape index (κ2) is 6.13. The minimum atomic E-state index is -4.73. The lowest BCUT2D eigenvalue weighted by Crippen LogP contribution is -2.19. The molecule has 21 heavy (non-hydrogen) atoms. The quantitative estimate of drug-likeness (QED) is 0.861. The van der Waals surface area contributed by atoms with Crippen LogP contribution in [0.15, 0.2) is 48.5 Å². The molecule has 112 valence electrons. The van der Waals surface area contributed by atoms with Gasteiger partial charge < -0.3 is 10.1 Å². The van der Waals surface area contributed by atoms with Gasteiger partial charge in [0.1, 0.15) is 11.6 Å². The molecule has 0 saturated carbocycles. The van der Waals surface area contributed by atoms with Crippen LogP contribution in [-0.2, 0) is 0 Å². The lowest BCUT2D eigenvalue weighted by atomic mass is 9.98. The summed E-state index contributed by atoms with van der Waals surface area (Å²) in [4.78, 5) is 0. The Kier molecular flexibility index (Phi) is 4.47. The van der Waals surface area contributed by atoms with Crippen molar-refractivity contribution in [1.82, 2.24) is 5.32 Å². The Morgan fingerprint density at radius 2 is 1.62 bits per heavy atom. The van der Waals surface area contributed by atoms with Crippen molar-refractivity contribution < 1.29 is 22.3 Å². The van der Waals surface area contributed by atoms with Crippen LogP contribution in [0.25, 0.3) is 0 Å². The predicted molar refractivity (Wildman–Crippen MR) is 70.4 cm³/mol. The van der Waals surface area contributed by atoms with Gasteiger partial charge in [0.25, 0.3) is 0 Å². The van der Waals surface area contributed by atoms with Gasteiger partial charge in [0.2, 0.25) is 0 Å². The Labute approximate surface area is 119 Å². The van der Waals surface area contributed by atoms with Crippen LogP contribution in [0.5, 0.6) is 5.75 Å². The van der Waals surface area contributed by atoms with Gasteiger partial charge in [-0.2, -0.15) is 0 Å². The van der Waals surface area contributed by atoms with Crippen LogP contribution in [0.1, 0.15) is 17.2 Å². The molecule has 0 heterocycles. The molecule has 6 heteroatoms. The van der Waals surface area contributed by atoms with Gasteiger partial charge in [0.15, 0.2) is 0 Å². The Morgan fingerprint density at radius 1 is 1.00 bits per heavy atom. The van der Waals surface area contributed by atoms with Gasteiger partial charge in [-0.05, 0) is 30.8 Å². The zero-order valence-electron chi connectivity index (χ0n) is 11.1. The minimum absolute atomic E-state index is 0.311. The molecular formula is C15H13F4NO. The molecule has 0 bridgehead atoms. The number of halogens is 4. The summed E-state index contributed by atoms with van der Waals surface area (Å²) in [6.07, 6.45) is -4.73. The number of ether oxygens (including phenoxy) is 1. The first-order chi connectivity index (χ1) is 9.90. The molecule has 0 fully saturated rings. The highest BCUT2D eigenvalue weighted by Gasteiger charge is 2.31. The molecular weight excluding hydrogens is 286 g/mol. The summed E-state index contributed by atoms with van der Waals surface area (Å²) in [7, 11) is 1.65. The van der Waals surface area contributed by atoms with Crippen LogP contribution in [-0.4, -0.2) is 13.4 Å². The van der Waals surface area contributed by atoms with Crippen LogP contribution in [0.4, 0.5) is 17.6 Å². The largest absolute Gasteiger partial charge is 0.573 e. The van der Waals surface area contributed by atoms with Gasteiger partial charge in [-0.3, -0.25) is 0 Å². The highest BCUT2D eigenvalue weighted by molar-refractivity contribution is 5.36. The SMILES string of the molecule is CNC(c1ccc(OC(F)(F)F)cc1)c1ccccc1F. The first kappa shape index (κ1) is 15.3. The van der Waals surface area contributed by atoms with E-state index in [1.165, 1.54) is 30.3 Å². The third-order valence-electron chi connectivity index (χ3n) is 2.95. The third-order valence-corrected chi connectivity index (χ3v) is 2.95. The van der Waals surface area contributed by atoms with Gasteiger partial charge >= 0.3 is 6.36 Å². The van der Waals surface area contributed by atoms with E-state index in [1.54, 1.807) is 25.2 Å². The van der Waals surface area contributed by atoms with E-state index in [4.69, 9.17) is 0 Å². The maximum absolute atomic E-state index is 13.8. The van der Waals surface area contributed by atoms with Crippen molar-refractivity contribution in [3.05, 3.63) is 65.5 Å². The maximum atomic E-state index is 13.8. The van der Waals surface area contributed by atoms with Crippen molar-refractivity contribution in [2.75, 3.05) is 7.05 Å². The highest BCUT2D eigenvalue weighted by Crippen LogP contribution is 2.27. The number of hydrogen-bond acceptors (Lipinski definition) is 2. The summed E-state index contributed by atoms with van der Waals surface area (Å²) in [6.45, 7) is 0. The predicted octanol–water partition coefficient (Wildman–Crippen LogP) is 4.03. The number of benzene rings is 2. The van der Waals surface area contributed by atoms with Gasteiger partial charge in [-0.25, -0.2) is 4.39 Å². The van der Waals surface area contributed by atoms with Crippen LogP contribution >= 0.6 is 0 Å². The summed E-state index contributed by atoms with van der Waals surface area (Å²) >= 11 is 0. The first-order valence-electron chi connectivity index (χ1n) is 6.18. The normalized spacial score (nSPS) is 13.0. The monoisotopic (exact) mass is 299 g/mol. The molecule has 1 atom stereocenters. The Hall–Kier alpha value is -2.08. The Balaban J connectivity index is 2.26. The Morgan fingerprint density at radius 3 is 2.14 bits per heavy atom. The maximum Gasteiger partial charge on any atom is 0.573 e. The fourth-order valence-electron chi connectivity index (χ4n) is 2.07. The van der Waals surface area contributed by atoms with Crippen molar-refractivity contribution in [3.63, 3.8) is 0 Å². The molecule has 0 radical (unpaired) electrons. The average molecular weight is 299 g/mol. The number of hydrogen-bond donors (Lipinski definition) is 1. The molecule has 1 N–H and O–H groups in total. The summed E-state index contributed by atoms with van der Waals surface area (Å²) < 4.78 is 53.9. The zero-order chi connectivity index (χ0) is 15.5. The fraction of sp³-hybridized carbons (Fsp3) is 0.200. The van der Waals surface area contributed by atoms with E-state index < -0.39 is 12.4 Å². The van der Waals surface area contributed by atoms with Crippen LogP contribution in [0, 0.1) is 5.82 Å². The third kappa shape index (κ3) is 3.95. The van der Waals surface area contributed by atoms with Crippen LogP contribution < -0.4 is 10.1 Å². The van der Waals surface area contributed by atoms with Gasteiger partial charge in [0, 0.05) is 5.56 Å². The second-order valence-electron chi connectivity index (χ2n) is 4.36. The summed E-state index contributed by atoms with van der Waals surface area (Å²) in [5, 5.41) is 2.94. The van der Waals surface area contributed by atoms with Gasteiger partial charge in [-0.15, -0.1) is 13.2 Å². The number of nitrogens with one attached hydrogen (secondary N) is 1. The molecule has 2 aromatic rings. The van der Waals surface area contributed by atoms with E-state index >= 15 is 0 Å². The molecule has 0 saturated heterocycles. The van der Waals surface area contributed by atoms with E-state index in [0.717, 1.165) is 0 Å². The standard InChI is InChI=1S/C15H13F4NO/c1-20-14(12-4-2-3-5-13(12)16)10-6-8-11(9-7-10)21-15(17,18)19/h2-9,14,20H,1H3. The van der Waals surface area contributed by atoms with E-state index in [2.05, 4.69) is 10.1 Å². The summed E-state index contributed by atoms with van der Waals surface area (Å²) in [5.41, 5.74) is 1.06. The molecule has 0 aliphatic heterocycles. The van der Waals surface area contributed by atoms with E-state index in [0.29, 0.717) is 11.1 Å². The second-order valence-corrected chi connectivity index (χ2v) is 4.36. The van der Waals surface area contributed by atoms with E-state index in [1.807, 2.05) is 0 Å². The lowest BCUT2D eigenvalue weighted by Gasteiger charge is -2.18. The van der Waals surface area contributed by atoms with Crippen molar-refractivity contribution in [1.29, 1.82) is 0 Å². The van der Waals surface area contributed by atoms with Crippen molar-refractivity contribution in [2.24, 2.45) is 0 Å². The smallest absolute Gasteiger partial charge is 0.406 e.